The highest BCUT2D eigenvalue weighted by Crippen LogP contribution is 2.23. The Balaban J connectivity index is 1.89. The minimum atomic E-state index is -3.70. The zero-order valence-corrected chi connectivity index (χ0v) is 13.2. The first-order valence-electron chi connectivity index (χ1n) is 7.23. The topological polar surface area (TPSA) is 102 Å². The van der Waals surface area contributed by atoms with E-state index in [0.717, 1.165) is 25.1 Å². The summed E-state index contributed by atoms with van der Waals surface area (Å²) < 4.78 is 31.1. The molecule has 0 spiro atoms. The molecule has 2 N–H and O–H groups in total. The van der Waals surface area contributed by atoms with E-state index in [0.29, 0.717) is 24.5 Å². The van der Waals surface area contributed by atoms with Crippen LogP contribution in [-0.4, -0.2) is 39.5 Å². The van der Waals surface area contributed by atoms with Crippen molar-refractivity contribution in [1.82, 2.24) is 19.3 Å². The van der Waals surface area contributed by atoms with Gasteiger partial charge in [0.2, 0.25) is 0 Å². The van der Waals surface area contributed by atoms with Gasteiger partial charge in [-0.25, -0.2) is 4.98 Å². The second-order valence-electron chi connectivity index (χ2n) is 5.32. The van der Waals surface area contributed by atoms with Crippen molar-refractivity contribution in [1.29, 1.82) is 0 Å². The lowest BCUT2D eigenvalue weighted by Gasteiger charge is -2.16. The molecule has 1 aliphatic rings. The van der Waals surface area contributed by atoms with Gasteiger partial charge in [-0.1, -0.05) is 0 Å². The number of fused-ring (bicyclic) bond motifs is 1. The van der Waals surface area contributed by atoms with Crippen LogP contribution in [0, 0.1) is 6.92 Å². The van der Waals surface area contributed by atoms with Crippen LogP contribution in [0.25, 0.3) is 0 Å². The fraction of sp³-hybridized carbons (Fsp3) is 0.538. The smallest absolute Gasteiger partial charge is 0.279 e. The minimum Gasteiger partial charge on any atom is -0.394 e. The molecule has 8 nitrogen and oxygen atoms in total. The Morgan fingerprint density at radius 1 is 1.36 bits per heavy atom. The number of anilines is 1. The molecular formula is C13H19N5O3S. The van der Waals surface area contributed by atoms with Crippen LogP contribution in [0.5, 0.6) is 0 Å². The number of nitrogens with one attached hydrogen (secondary N) is 1. The number of aliphatic hydroxyl groups excluding tert-OH is 1. The van der Waals surface area contributed by atoms with Gasteiger partial charge in [0.1, 0.15) is 5.82 Å². The Bertz CT molecular complexity index is 778. The summed E-state index contributed by atoms with van der Waals surface area (Å²) in [4.78, 5) is 4.21. The SMILES string of the molecule is Cc1c(NS(=O)(=O)c2cnc3n2CCCC3)cnn1CCO. The van der Waals surface area contributed by atoms with Gasteiger partial charge in [-0.15, -0.1) is 0 Å². The predicted molar refractivity (Wildman–Crippen MR) is 80.0 cm³/mol. The molecular weight excluding hydrogens is 306 g/mol. The van der Waals surface area contributed by atoms with Gasteiger partial charge in [0.05, 0.1) is 36.9 Å². The summed E-state index contributed by atoms with van der Waals surface area (Å²) in [5.41, 5.74) is 1.08. The number of aliphatic hydroxyl groups is 1. The van der Waals surface area contributed by atoms with Gasteiger partial charge >= 0.3 is 0 Å². The Kier molecular flexibility index (Phi) is 3.92. The molecule has 0 radical (unpaired) electrons. The first-order chi connectivity index (χ1) is 10.5. The number of sulfonamides is 1. The molecule has 0 unspecified atom stereocenters. The number of aryl methyl sites for hydroxylation is 1. The molecule has 2 aromatic heterocycles. The molecule has 22 heavy (non-hydrogen) atoms. The fourth-order valence-corrected chi connectivity index (χ4v) is 3.94. The number of nitrogens with zero attached hydrogens (tertiary/aromatic N) is 4. The second-order valence-corrected chi connectivity index (χ2v) is 6.95. The van der Waals surface area contributed by atoms with E-state index in [2.05, 4.69) is 14.8 Å². The number of rotatable bonds is 5. The maximum Gasteiger partial charge on any atom is 0.279 e. The van der Waals surface area contributed by atoms with Crippen LogP contribution < -0.4 is 4.72 Å². The quantitative estimate of drug-likeness (QED) is 0.834. The van der Waals surface area contributed by atoms with E-state index in [1.165, 1.54) is 12.4 Å². The highest BCUT2D eigenvalue weighted by molar-refractivity contribution is 7.92. The van der Waals surface area contributed by atoms with Crippen LogP contribution in [0.2, 0.25) is 0 Å². The van der Waals surface area contributed by atoms with E-state index < -0.39 is 10.0 Å². The molecule has 3 heterocycles. The van der Waals surface area contributed by atoms with Crippen molar-refractivity contribution in [2.75, 3.05) is 11.3 Å². The summed E-state index contributed by atoms with van der Waals surface area (Å²) in [6.07, 6.45) is 5.67. The summed E-state index contributed by atoms with van der Waals surface area (Å²) in [5, 5.41) is 13.2. The highest BCUT2D eigenvalue weighted by Gasteiger charge is 2.25. The van der Waals surface area contributed by atoms with Gasteiger partial charge in [0.15, 0.2) is 5.03 Å². The largest absolute Gasteiger partial charge is 0.394 e. The first kappa shape index (κ1) is 15.0. The number of imidazole rings is 1. The lowest BCUT2D eigenvalue weighted by Crippen LogP contribution is -2.20. The summed E-state index contributed by atoms with van der Waals surface area (Å²) in [6.45, 7) is 2.71. The van der Waals surface area contributed by atoms with E-state index in [1.807, 2.05) is 0 Å². The molecule has 2 aromatic rings. The molecule has 9 heteroatoms. The number of hydrogen-bond acceptors (Lipinski definition) is 5. The molecule has 1 aliphatic heterocycles. The maximum absolute atomic E-state index is 12.6. The lowest BCUT2D eigenvalue weighted by atomic mass is 10.2. The molecule has 120 valence electrons. The van der Waals surface area contributed by atoms with Crippen molar-refractivity contribution in [3.8, 4) is 0 Å². The van der Waals surface area contributed by atoms with Gasteiger partial charge < -0.3 is 9.67 Å². The molecule has 0 fully saturated rings. The zero-order chi connectivity index (χ0) is 15.7. The summed E-state index contributed by atoms with van der Waals surface area (Å²) >= 11 is 0. The minimum absolute atomic E-state index is 0.0508. The van der Waals surface area contributed by atoms with Crippen LogP contribution in [0.15, 0.2) is 17.4 Å². The Hall–Kier alpha value is -1.87. The summed E-state index contributed by atoms with van der Waals surface area (Å²) in [6, 6.07) is 0. The molecule has 3 rings (SSSR count). The molecule has 0 aromatic carbocycles. The van der Waals surface area contributed by atoms with Gasteiger partial charge in [-0.05, 0) is 19.8 Å². The monoisotopic (exact) mass is 325 g/mol. The van der Waals surface area contributed by atoms with Crippen molar-refractivity contribution in [3.63, 3.8) is 0 Å². The average Bonchev–Trinajstić information content (AvgIpc) is 3.06. The van der Waals surface area contributed by atoms with E-state index >= 15 is 0 Å². The standard InChI is InChI=1S/C13H19N5O3S/c1-10-11(8-15-18(10)6-7-19)16-22(20,21)13-9-14-12-4-2-3-5-17(12)13/h8-9,16,19H,2-7H2,1H3. The second kappa shape index (κ2) is 5.73. The number of aromatic nitrogens is 4. The van der Waals surface area contributed by atoms with E-state index in [9.17, 15) is 8.42 Å². The van der Waals surface area contributed by atoms with Crippen LogP contribution in [0.1, 0.15) is 24.4 Å². The Morgan fingerprint density at radius 2 is 2.18 bits per heavy atom. The summed E-state index contributed by atoms with van der Waals surface area (Å²) in [5.74, 6) is 0.819. The third-order valence-corrected chi connectivity index (χ3v) is 5.23. The normalized spacial score (nSPS) is 14.8. The van der Waals surface area contributed by atoms with Crippen molar-refractivity contribution in [3.05, 3.63) is 23.9 Å². The maximum atomic E-state index is 12.6. The summed E-state index contributed by atoms with van der Waals surface area (Å²) in [7, 11) is -3.70. The van der Waals surface area contributed by atoms with Crippen molar-refractivity contribution < 1.29 is 13.5 Å². The van der Waals surface area contributed by atoms with Crippen LogP contribution in [-0.2, 0) is 29.5 Å². The van der Waals surface area contributed by atoms with Gasteiger partial charge in [-0.2, -0.15) is 13.5 Å². The lowest BCUT2D eigenvalue weighted by molar-refractivity contribution is 0.268. The van der Waals surface area contributed by atoms with Crippen molar-refractivity contribution >= 4 is 15.7 Å². The molecule has 0 saturated heterocycles. The molecule has 0 atom stereocenters. The average molecular weight is 325 g/mol. The first-order valence-corrected chi connectivity index (χ1v) is 8.72. The Labute approximate surface area is 128 Å². The van der Waals surface area contributed by atoms with Crippen LogP contribution >= 0.6 is 0 Å². The van der Waals surface area contributed by atoms with Crippen LogP contribution in [0.3, 0.4) is 0 Å². The van der Waals surface area contributed by atoms with Gasteiger partial charge in [0.25, 0.3) is 10.0 Å². The zero-order valence-electron chi connectivity index (χ0n) is 12.4. The van der Waals surface area contributed by atoms with Gasteiger partial charge in [-0.3, -0.25) is 9.40 Å². The predicted octanol–water partition coefficient (Wildman–Crippen LogP) is 0.517. The molecule has 0 amide bonds. The molecule has 0 saturated carbocycles. The van der Waals surface area contributed by atoms with E-state index in [1.54, 1.807) is 16.2 Å². The van der Waals surface area contributed by atoms with Crippen molar-refractivity contribution in [2.45, 2.75) is 44.3 Å². The number of hydrogen-bond donors (Lipinski definition) is 2. The molecule has 0 bridgehead atoms. The van der Waals surface area contributed by atoms with Crippen molar-refractivity contribution in [2.24, 2.45) is 0 Å². The Morgan fingerprint density at radius 3 is 2.95 bits per heavy atom. The highest BCUT2D eigenvalue weighted by atomic mass is 32.2. The van der Waals surface area contributed by atoms with E-state index in [4.69, 9.17) is 5.11 Å². The van der Waals surface area contributed by atoms with Gasteiger partial charge in [0, 0.05) is 13.0 Å². The fourth-order valence-electron chi connectivity index (χ4n) is 2.67. The van der Waals surface area contributed by atoms with E-state index in [-0.39, 0.29) is 11.6 Å². The molecule has 0 aliphatic carbocycles. The van der Waals surface area contributed by atoms with Crippen LogP contribution in [0.4, 0.5) is 5.69 Å². The third kappa shape index (κ3) is 2.61. The third-order valence-electron chi connectivity index (χ3n) is 3.87.